The van der Waals surface area contributed by atoms with Crippen molar-refractivity contribution in [2.75, 3.05) is 13.7 Å². The van der Waals surface area contributed by atoms with Crippen LogP contribution in [0.1, 0.15) is 89.7 Å². The largest absolute Gasteiger partial charge is 0.508 e. The number of rotatable bonds is 8. The van der Waals surface area contributed by atoms with Crippen LogP contribution < -0.4 is 4.74 Å². The summed E-state index contributed by atoms with van der Waals surface area (Å²) >= 11 is 0. The molecule has 3 rings (SSSR count). The van der Waals surface area contributed by atoms with Crippen LogP contribution in [0.4, 0.5) is 0 Å². The third kappa shape index (κ3) is 4.92. The Bertz CT molecular complexity index is 836. The molecule has 0 aromatic heterocycles. The van der Waals surface area contributed by atoms with Gasteiger partial charge < -0.3 is 19.7 Å². The molecule has 0 bridgehead atoms. The lowest BCUT2D eigenvalue weighted by molar-refractivity contribution is -0.136. The van der Waals surface area contributed by atoms with Crippen molar-refractivity contribution >= 4 is 5.97 Å². The zero-order valence-corrected chi connectivity index (χ0v) is 19.7. The number of hydrogen-bond acceptors (Lipinski definition) is 5. The summed E-state index contributed by atoms with van der Waals surface area (Å²) in [6.07, 6.45) is 8.31. The van der Waals surface area contributed by atoms with Crippen molar-refractivity contribution in [2.24, 2.45) is 5.92 Å². The van der Waals surface area contributed by atoms with E-state index in [0.29, 0.717) is 12.0 Å². The number of aliphatic hydroxyl groups excluding tert-OH is 1. The van der Waals surface area contributed by atoms with Crippen LogP contribution in [-0.2, 0) is 14.9 Å². The number of aromatic hydroxyl groups is 1. The van der Waals surface area contributed by atoms with Gasteiger partial charge in [0.15, 0.2) is 0 Å². The van der Waals surface area contributed by atoms with Gasteiger partial charge in [0.05, 0.1) is 7.11 Å². The van der Waals surface area contributed by atoms with E-state index in [0.717, 1.165) is 55.4 Å². The molecule has 2 atom stereocenters. The van der Waals surface area contributed by atoms with Crippen LogP contribution in [0.5, 0.6) is 11.5 Å². The second-order valence-electron chi connectivity index (χ2n) is 10.3. The Morgan fingerprint density at radius 2 is 1.94 bits per heavy atom. The molecule has 5 heteroatoms. The molecule has 2 aliphatic rings. The van der Waals surface area contributed by atoms with Crippen molar-refractivity contribution in [1.29, 1.82) is 0 Å². The Labute approximate surface area is 186 Å². The summed E-state index contributed by atoms with van der Waals surface area (Å²) in [6, 6.07) is 3.98. The minimum Gasteiger partial charge on any atom is -0.508 e. The molecule has 0 spiro atoms. The van der Waals surface area contributed by atoms with E-state index < -0.39 is 5.60 Å². The third-order valence-electron chi connectivity index (χ3n) is 7.24. The fourth-order valence-corrected chi connectivity index (χ4v) is 5.26. The molecule has 2 unspecified atom stereocenters. The highest BCUT2D eigenvalue weighted by Gasteiger charge is 2.47. The van der Waals surface area contributed by atoms with Crippen LogP contribution in [0.25, 0.3) is 0 Å². The first kappa shape index (κ1) is 23.6. The highest BCUT2D eigenvalue weighted by Crippen LogP contribution is 2.55. The molecule has 0 radical (unpaired) electrons. The first-order chi connectivity index (χ1) is 14.6. The SMILES string of the molecule is COC(=O)C1=CCC2C(C1)c1c(O)cc(C(C)(C)CCCCCCO)cc1OC2(C)C. The van der Waals surface area contributed by atoms with Crippen LogP contribution in [0.15, 0.2) is 23.8 Å². The Morgan fingerprint density at radius 3 is 2.61 bits per heavy atom. The average Bonchev–Trinajstić information content (AvgIpc) is 2.71. The second kappa shape index (κ2) is 9.23. The van der Waals surface area contributed by atoms with E-state index in [-0.39, 0.29) is 35.6 Å². The lowest BCUT2D eigenvalue weighted by atomic mass is 9.66. The van der Waals surface area contributed by atoms with E-state index >= 15 is 0 Å². The van der Waals surface area contributed by atoms with Crippen molar-refractivity contribution in [1.82, 2.24) is 0 Å². The molecule has 1 aromatic carbocycles. The number of methoxy groups -OCH3 is 1. The first-order valence-electron chi connectivity index (χ1n) is 11.6. The number of unbranched alkanes of at least 4 members (excludes halogenated alkanes) is 3. The van der Waals surface area contributed by atoms with Crippen molar-refractivity contribution in [2.45, 2.75) is 89.6 Å². The highest BCUT2D eigenvalue weighted by atomic mass is 16.5. The molecule has 0 saturated heterocycles. The summed E-state index contributed by atoms with van der Waals surface area (Å²) < 4.78 is 11.4. The minimum atomic E-state index is -0.394. The van der Waals surface area contributed by atoms with Crippen LogP contribution >= 0.6 is 0 Å². The highest BCUT2D eigenvalue weighted by molar-refractivity contribution is 5.88. The molecule has 0 fully saturated rings. The Balaban J connectivity index is 1.89. The summed E-state index contributed by atoms with van der Waals surface area (Å²) in [5, 5.41) is 20.1. The van der Waals surface area contributed by atoms with Gasteiger partial charge in [-0.2, -0.15) is 0 Å². The number of carbonyl (C=O) groups is 1. The van der Waals surface area contributed by atoms with Crippen LogP contribution in [0, 0.1) is 5.92 Å². The number of esters is 1. The maximum absolute atomic E-state index is 12.2. The van der Waals surface area contributed by atoms with Gasteiger partial charge in [-0.15, -0.1) is 0 Å². The standard InChI is InChI=1S/C26H38O5/c1-25(2,12-8-6-7-9-13-27)18-15-21(28)23-19-14-17(24(29)30-5)10-11-20(19)26(3,4)31-22(23)16-18/h10,15-16,19-20,27-28H,6-9,11-14H2,1-5H3. The molecule has 31 heavy (non-hydrogen) atoms. The Morgan fingerprint density at radius 1 is 1.23 bits per heavy atom. The fraction of sp³-hybridized carbons (Fsp3) is 0.654. The molecule has 1 aliphatic heterocycles. The number of benzene rings is 1. The van der Waals surface area contributed by atoms with Crippen molar-refractivity contribution in [3.05, 3.63) is 34.9 Å². The van der Waals surface area contributed by atoms with Gasteiger partial charge in [0.2, 0.25) is 0 Å². The number of phenolic OH excluding ortho intramolecular Hbond substituents is 1. The zero-order chi connectivity index (χ0) is 22.8. The zero-order valence-electron chi connectivity index (χ0n) is 19.7. The molecule has 5 nitrogen and oxygen atoms in total. The quantitative estimate of drug-likeness (QED) is 0.428. The van der Waals surface area contributed by atoms with Gasteiger partial charge >= 0.3 is 5.97 Å². The molecule has 1 aromatic rings. The number of carbonyl (C=O) groups excluding carboxylic acids is 1. The van der Waals surface area contributed by atoms with E-state index in [1.54, 1.807) is 0 Å². The number of aliphatic hydroxyl groups is 1. The maximum Gasteiger partial charge on any atom is 0.333 e. The van der Waals surface area contributed by atoms with E-state index in [2.05, 4.69) is 33.8 Å². The van der Waals surface area contributed by atoms with Crippen LogP contribution in [0.2, 0.25) is 0 Å². The van der Waals surface area contributed by atoms with Gasteiger partial charge in [-0.3, -0.25) is 0 Å². The molecule has 172 valence electrons. The predicted molar refractivity (Wildman–Crippen MR) is 122 cm³/mol. The molecule has 0 amide bonds. The summed E-state index contributed by atoms with van der Waals surface area (Å²) in [5.41, 5.74) is 2.08. The van der Waals surface area contributed by atoms with Gasteiger partial charge in [0, 0.05) is 29.6 Å². The third-order valence-corrected chi connectivity index (χ3v) is 7.24. The number of ether oxygens (including phenoxy) is 2. The van der Waals surface area contributed by atoms with E-state index in [1.165, 1.54) is 7.11 Å². The van der Waals surface area contributed by atoms with Gasteiger partial charge in [-0.05, 0) is 62.6 Å². The second-order valence-corrected chi connectivity index (χ2v) is 10.3. The van der Waals surface area contributed by atoms with Crippen LogP contribution in [-0.4, -0.2) is 35.5 Å². The Hall–Kier alpha value is -2.01. The topological polar surface area (TPSA) is 76.0 Å². The predicted octanol–water partition coefficient (Wildman–Crippen LogP) is 5.38. The lowest BCUT2D eigenvalue weighted by Gasteiger charge is -2.47. The van der Waals surface area contributed by atoms with E-state index in [1.807, 2.05) is 12.1 Å². The number of allylic oxidation sites excluding steroid dienone is 1. The summed E-state index contributed by atoms with van der Waals surface area (Å²) in [7, 11) is 1.41. The Kier molecular flexibility index (Phi) is 7.04. The van der Waals surface area contributed by atoms with Crippen molar-refractivity contribution in [3.63, 3.8) is 0 Å². The van der Waals surface area contributed by atoms with E-state index in [9.17, 15) is 9.90 Å². The molecular weight excluding hydrogens is 392 g/mol. The molecule has 1 heterocycles. The molecular formula is C26H38O5. The summed E-state index contributed by atoms with van der Waals surface area (Å²) in [5.74, 6) is 0.916. The van der Waals surface area contributed by atoms with E-state index in [4.69, 9.17) is 14.6 Å². The molecule has 1 aliphatic carbocycles. The monoisotopic (exact) mass is 430 g/mol. The average molecular weight is 431 g/mol. The molecule has 0 saturated carbocycles. The summed E-state index contributed by atoms with van der Waals surface area (Å²) in [6.45, 7) is 8.86. The van der Waals surface area contributed by atoms with Gasteiger partial charge in [0.25, 0.3) is 0 Å². The van der Waals surface area contributed by atoms with Crippen LogP contribution in [0.3, 0.4) is 0 Å². The summed E-state index contributed by atoms with van der Waals surface area (Å²) in [4.78, 5) is 12.2. The number of phenols is 1. The van der Waals surface area contributed by atoms with Crippen molar-refractivity contribution in [3.8, 4) is 11.5 Å². The maximum atomic E-state index is 12.2. The van der Waals surface area contributed by atoms with Gasteiger partial charge in [-0.25, -0.2) is 4.79 Å². The van der Waals surface area contributed by atoms with Gasteiger partial charge in [-0.1, -0.05) is 39.2 Å². The lowest BCUT2D eigenvalue weighted by Crippen LogP contribution is -2.46. The molecule has 2 N–H and O–H groups in total. The number of fused-ring (bicyclic) bond motifs is 3. The minimum absolute atomic E-state index is 0.0218. The van der Waals surface area contributed by atoms with Crippen molar-refractivity contribution < 1.29 is 24.5 Å². The normalized spacial score (nSPS) is 22.1. The van der Waals surface area contributed by atoms with Gasteiger partial charge in [0.1, 0.15) is 17.1 Å². The fourth-order valence-electron chi connectivity index (χ4n) is 5.26. The smallest absolute Gasteiger partial charge is 0.333 e. The number of hydrogen-bond donors (Lipinski definition) is 2. The first-order valence-corrected chi connectivity index (χ1v) is 11.6.